The van der Waals surface area contributed by atoms with Crippen LogP contribution in [0.1, 0.15) is 42.6 Å². The molecule has 0 spiro atoms. The Balaban J connectivity index is 1.69. The van der Waals surface area contributed by atoms with Gasteiger partial charge in [0.05, 0.1) is 20.8 Å². The van der Waals surface area contributed by atoms with Crippen LogP contribution in [0.25, 0.3) is 10.9 Å². The minimum atomic E-state index is -0.536. The quantitative estimate of drug-likeness (QED) is 0.626. The number of amides is 2. The summed E-state index contributed by atoms with van der Waals surface area (Å²) in [6.07, 6.45) is 2.37. The Labute approximate surface area is 193 Å². The molecule has 2 atom stereocenters. The minimum absolute atomic E-state index is 0.0245. The van der Waals surface area contributed by atoms with Gasteiger partial charge in [-0.2, -0.15) is 0 Å². The fourth-order valence-corrected chi connectivity index (χ4v) is 5.23. The molecule has 1 fully saturated rings. The lowest BCUT2D eigenvalue weighted by atomic mass is 9.85. The van der Waals surface area contributed by atoms with Crippen molar-refractivity contribution in [2.24, 2.45) is 0 Å². The number of aromatic amines is 1. The normalized spacial score (nSPS) is 20.1. The minimum Gasteiger partial charge on any atom is -0.497 e. The SMILES string of the molecule is CCCCN1CC(=O)N2[C@H](c3ccc(OC)cc3OC)c3[nH]c4ccccc4c3C[C@H]2C1=O. The standard InChI is InChI=1S/C26H29N3O4/c1-4-5-12-28-15-23(30)29-21(26(28)31)14-19-17-8-6-7-9-20(17)27-24(19)25(29)18-11-10-16(32-2)13-22(18)33-3/h6-11,13,21,25,27H,4-5,12,14-15H2,1-3H3/t21-,25+/m0/s1. The van der Waals surface area contributed by atoms with Crippen molar-refractivity contribution in [2.75, 3.05) is 27.3 Å². The summed E-state index contributed by atoms with van der Waals surface area (Å²) < 4.78 is 11.1. The van der Waals surface area contributed by atoms with E-state index in [0.717, 1.165) is 40.6 Å². The first-order valence-electron chi connectivity index (χ1n) is 11.5. The number of ether oxygens (including phenoxy) is 2. The molecule has 7 heteroatoms. The number of carbonyl (C=O) groups excluding carboxylic acids is 2. The Bertz CT molecular complexity index is 1220. The molecule has 7 nitrogen and oxygen atoms in total. The van der Waals surface area contributed by atoms with Gasteiger partial charge in [-0.05, 0) is 30.2 Å². The molecule has 0 bridgehead atoms. The lowest BCUT2D eigenvalue weighted by Crippen LogP contribution is -2.63. The summed E-state index contributed by atoms with van der Waals surface area (Å²) in [5, 5.41) is 1.09. The number of benzene rings is 2. The molecule has 172 valence electrons. The Morgan fingerprint density at radius 3 is 2.67 bits per heavy atom. The molecule has 2 aromatic carbocycles. The number of unbranched alkanes of at least 4 members (excludes halogenated alkanes) is 1. The zero-order chi connectivity index (χ0) is 23.1. The third-order valence-electron chi connectivity index (χ3n) is 6.86. The van der Waals surface area contributed by atoms with Crippen LogP contribution in [0, 0.1) is 0 Å². The van der Waals surface area contributed by atoms with E-state index in [0.29, 0.717) is 24.5 Å². The van der Waals surface area contributed by atoms with Gasteiger partial charge in [0, 0.05) is 41.2 Å². The zero-order valence-corrected chi connectivity index (χ0v) is 19.3. The second-order valence-corrected chi connectivity index (χ2v) is 8.71. The molecule has 1 saturated heterocycles. The van der Waals surface area contributed by atoms with Crippen LogP contribution in [0.4, 0.5) is 0 Å². The van der Waals surface area contributed by atoms with E-state index in [9.17, 15) is 9.59 Å². The number of rotatable bonds is 6. The van der Waals surface area contributed by atoms with Crippen molar-refractivity contribution >= 4 is 22.7 Å². The molecule has 33 heavy (non-hydrogen) atoms. The summed E-state index contributed by atoms with van der Waals surface area (Å²) in [4.78, 5) is 34.2. The van der Waals surface area contributed by atoms with Crippen molar-refractivity contribution in [2.45, 2.75) is 38.3 Å². The number of hydrogen-bond donors (Lipinski definition) is 1. The highest BCUT2D eigenvalue weighted by atomic mass is 16.5. The van der Waals surface area contributed by atoms with E-state index >= 15 is 0 Å². The smallest absolute Gasteiger partial charge is 0.246 e. The van der Waals surface area contributed by atoms with E-state index in [4.69, 9.17) is 9.47 Å². The first-order valence-corrected chi connectivity index (χ1v) is 11.5. The van der Waals surface area contributed by atoms with Gasteiger partial charge in [-0.3, -0.25) is 9.59 Å². The topological polar surface area (TPSA) is 74.9 Å². The van der Waals surface area contributed by atoms with E-state index in [1.165, 1.54) is 0 Å². The van der Waals surface area contributed by atoms with Gasteiger partial charge in [0.25, 0.3) is 0 Å². The number of fused-ring (bicyclic) bond motifs is 4. The number of nitrogens with zero attached hydrogens (tertiary/aromatic N) is 2. The Morgan fingerprint density at radius 1 is 1.09 bits per heavy atom. The molecule has 0 radical (unpaired) electrons. The van der Waals surface area contributed by atoms with Crippen LogP contribution in [0.2, 0.25) is 0 Å². The fourth-order valence-electron chi connectivity index (χ4n) is 5.23. The highest BCUT2D eigenvalue weighted by Crippen LogP contribution is 2.45. The molecule has 2 aliphatic heterocycles. The van der Waals surface area contributed by atoms with Crippen molar-refractivity contribution in [1.29, 1.82) is 0 Å². The van der Waals surface area contributed by atoms with E-state index in [2.05, 4.69) is 18.0 Å². The van der Waals surface area contributed by atoms with Crippen LogP contribution >= 0.6 is 0 Å². The first kappa shape index (κ1) is 21.4. The molecule has 0 unspecified atom stereocenters. The second-order valence-electron chi connectivity index (χ2n) is 8.71. The van der Waals surface area contributed by atoms with Gasteiger partial charge in [-0.15, -0.1) is 0 Å². The third kappa shape index (κ3) is 3.43. The molecule has 0 saturated carbocycles. The highest BCUT2D eigenvalue weighted by molar-refractivity contribution is 5.97. The average molecular weight is 448 g/mol. The van der Waals surface area contributed by atoms with E-state index in [1.54, 1.807) is 24.0 Å². The maximum Gasteiger partial charge on any atom is 0.246 e. The number of carbonyl (C=O) groups is 2. The van der Waals surface area contributed by atoms with Crippen LogP contribution in [0.3, 0.4) is 0 Å². The van der Waals surface area contributed by atoms with Gasteiger partial charge in [0.15, 0.2) is 0 Å². The van der Waals surface area contributed by atoms with Gasteiger partial charge >= 0.3 is 0 Å². The summed E-state index contributed by atoms with van der Waals surface area (Å²) in [6.45, 7) is 2.82. The van der Waals surface area contributed by atoms with E-state index < -0.39 is 12.1 Å². The zero-order valence-electron chi connectivity index (χ0n) is 19.3. The second kappa shape index (κ2) is 8.46. The Hall–Kier alpha value is -3.48. The summed E-state index contributed by atoms with van der Waals surface area (Å²) >= 11 is 0. The van der Waals surface area contributed by atoms with Crippen molar-refractivity contribution in [3.8, 4) is 11.5 Å². The number of methoxy groups -OCH3 is 2. The summed E-state index contributed by atoms with van der Waals surface area (Å²) in [7, 11) is 3.22. The predicted molar refractivity (Wildman–Crippen MR) is 126 cm³/mol. The number of H-pyrrole nitrogens is 1. The van der Waals surface area contributed by atoms with Gasteiger partial charge in [0.1, 0.15) is 23.6 Å². The monoisotopic (exact) mass is 447 g/mol. The molecule has 3 heterocycles. The molecule has 1 aromatic heterocycles. The van der Waals surface area contributed by atoms with Gasteiger partial charge in [-0.25, -0.2) is 0 Å². The summed E-state index contributed by atoms with van der Waals surface area (Å²) in [6, 6.07) is 12.7. The van der Waals surface area contributed by atoms with Crippen molar-refractivity contribution < 1.29 is 19.1 Å². The molecule has 0 aliphatic carbocycles. The van der Waals surface area contributed by atoms with Gasteiger partial charge in [0.2, 0.25) is 11.8 Å². The molecule has 5 rings (SSSR count). The number of nitrogens with one attached hydrogen (secondary N) is 1. The molecular formula is C26H29N3O4. The van der Waals surface area contributed by atoms with E-state index in [-0.39, 0.29) is 18.4 Å². The third-order valence-corrected chi connectivity index (χ3v) is 6.86. The lowest BCUT2D eigenvalue weighted by Gasteiger charge is -2.47. The molecule has 2 amide bonds. The van der Waals surface area contributed by atoms with Crippen LogP contribution in [-0.4, -0.2) is 59.9 Å². The predicted octanol–water partition coefficient (Wildman–Crippen LogP) is 3.67. The number of aromatic nitrogens is 1. The Kier molecular flexibility index (Phi) is 5.48. The van der Waals surface area contributed by atoms with Crippen LogP contribution < -0.4 is 9.47 Å². The fraction of sp³-hybridized carbons (Fsp3) is 0.385. The van der Waals surface area contributed by atoms with Crippen molar-refractivity contribution in [3.63, 3.8) is 0 Å². The van der Waals surface area contributed by atoms with Gasteiger partial charge in [-0.1, -0.05) is 31.5 Å². The van der Waals surface area contributed by atoms with Crippen LogP contribution in [0.15, 0.2) is 42.5 Å². The average Bonchev–Trinajstić information content (AvgIpc) is 3.22. The van der Waals surface area contributed by atoms with Crippen LogP contribution in [-0.2, 0) is 16.0 Å². The maximum absolute atomic E-state index is 13.6. The Morgan fingerprint density at radius 2 is 1.91 bits per heavy atom. The largest absolute Gasteiger partial charge is 0.497 e. The first-order chi connectivity index (χ1) is 16.1. The van der Waals surface area contributed by atoms with Gasteiger partial charge < -0.3 is 24.3 Å². The number of piperazine rings is 1. The number of para-hydroxylation sites is 1. The summed E-state index contributed by atoms with van der Waals surface area (Å²) in [5.74, 6) is 1.28. The van der Waals surface area contributed by atoms with Crippen molar-refractivity contribution in [3.05, 3.63) is 59.3 Å². The highest BCUT2D eigenvalue weighted by Gasteiger charge is 2.48. The lowest BCUT2D eigenvalue weighted by molar-refractivity contribution is -0.158. The van der Waals surface area contributed by atoms with Crippen LogP contribution in [0.5, 0.6) is 11.5 Å². The molecular weight excluding hydrogens is 418 g/mol. The molecule has 2 aliphatic rings. The molecule has 3 aromatic rings. The van der Waals surface area contributed by atoms with E-state index in [1.807, 2.05) is 36.4 Å². The maximum atomic E-state index is 13.6. The summed E-state index contributed by atoms with van der Waals surface area (Å²) in [5.41, 5.74) is 3.87. The number of hydrogen-bond acceptors (Lipinski definition) is 4. The molecule has 1 N–H and O–H groups in total. The van der Waals surface area contributed by atoms with Crippen molar-refractivity contribution in [1.82, 2.24) is 14.8 Å².